The van der Waals surface area contributed by atoms with Crippen molar-refractivity contribution in [2.75, 3.05) is 18.9 Å². The van der Waals surface area contributed by atoms with Gasteiger partial charge in [-0.15, -0.1) is 0 Å². The number of hydrogen-bond donors (Lipinski definition) is 1. The molecule has 0 saturated carbocycles. The molecule has 3 rings (SSSR count). The molecule has 0 spiro atoms. The zero-order valence-electron chi connectivity index (χ0n) is 9.67. The zero-order valence-corrected chi connectivity index (χ0v) is 11.3. The summed E-state index contributed by atoms with van der Waals surface area (Å²) >= 11 is 2.86. The van der Waals surface area contributed by atoms with Crippen LogP contribution in [0, 0.1) is 6.92 Å². The molecule has 1 aliphatic heterocycles. The number of nitrogens with two attached hydrogens (primary N) is 1. The van der Waals surface area contributed by atoms with E-state index in [1.54, 1.807) is 6.07 Å². The van der Waals surface area contributed by atoms with E-state index >= 15 is 0 Å². The molecule has 2 heterocycles. The second-order valence-corrected chi connectivity index (χ2v) is 5.78. The largest absolute Gasteiger partial charge is 0.486 e. The van der Waals surface area contributed by atoms with Crippen molar-refractivity contribution in [1.29, 1.82) is 0 Å². The number of aryl methyl sites for hydroxylation is 1. The summed E-state index contributed by atoms with van der Waals surface area (Å²) in [6, 6.07) is 3.69. The van der Waals surface area contributed by atoms with Gasteiger partial charge in [0.2, 0.25) is 0 Å². The minimum atomic E-state index is 0.564. The maximum atomic E-state index is 6.00. The monoisotopic (exact) mass is 281 g/mol. The van der Waals surface area contributed by atoms with Gasteiger partial charge in [-0.25, -0.2) is 4.98 Å². The summed E-state index contributed by atoms with van der Waals surface area (Å²) < 4.78 is 16.0. The standard InChI is InChI=1S/C11H11N3O2S2/c1-6-13-11(18-14-6)17-10-5-9-8(4-7(10)12)15-2-3-16-9/h4-5H,2-3,12H2,1H3. The number of benzene rings is 1. The predicted molar refractivity (Wildman–Crippen MR) is 70.6 cm³/mol. The Morgan fingerprint density at radius 3 is 2.67 bits per heavy atom. The quantitative estimate of drug-likeness (QED) is 0.852. The molecule has 1 aliphatic rings. The molecule has 2 aromatic rings. The molecule has 94 valence electrons. The van der Waals surface area contributed by atoms with Crippen molar-refractivity contribution >= 4 is 29.0 Å². The van der Waals surface area contributed by atoms with Gasteiger partial charge < -0.3 is 15.2 Å². The van der Waals surface area contributed by atoms with E-state index in [1.807, 2.05) is 13.0 Å². The van der Waals surface area contributed by atoms with Gasteiger partial charge in [-0.3, -0.25) is 0 Å². The van der Waals surface area contributed by atoms with E-state index < -0.39 is 0 Å². The molecule has 0 saturated heterocycles. The number of hydrogen-bond acceptors (Lipinski definition) is 7. The normalized spacial score (nSPS) is 13.6. The number of ether oxygens (including phenoxy) is 2. The topological polar surface area (TPSA) is 70.3 Å². The molecule has 5 nitrogen and oxygen atoms in total. The highest BCUT2D eigenvalue weighted by atomic mass is 32.2. The number of nitrogen functional groups attached to an aromatic ring is 1. The van der Waals surface area contributed by atoms with E-state index in [0.29, 0.717) is 24.7 Å². The molecule has 1 aromatic heterocycles. The summed E-state index contributed by atoms with van der Waals surface area (Å²) in [6.45, 7) is 3.00. The number of anilines is 1. The first kappa shape index (κ1) is 11.6. The molecule has 0 unspecified atom stereocenters. The fraction of sp³-hybridized carbons (Fsp3) is 0.273. The smallest absolute Gasteiger partial charge is 0.174 e. The van der Waals surface area contributed by atoms with Crippen molar-refractivity contribution in [2.24, 2.45) is 0 Å². The minimum absolute atomic E-state index is 0.564. The number of aromatic nitrogens is 2. The van der Waals surface area contributed by atoms with Gasteiger partial charge >= 0.3 is 0 Å². The van der Waals surface area contributed by atoms with E-state index in [2.05, 4.69) is 9.36 Å². The van der Waals surface area contributed by atoms with Gasteiger partial charge in [-0.05, 0) is 18.5 Å². The average molecular weight is 281 g/mol. The van der Waals surface area contributed by atoms with E-state index in [9.17, 15) is 0 Å². The molecule has 7 heteroatoms. The molecule has 0 fully saturated rings. The molecule has 1 aromatic carbocycles. The van der Waals surface area contributed by atoms with Crippen molar-refractivity contribution in [3.05, 3.63) is 18.0 Å². The predicted octanol–water partition coefficient (Wildman–Crippen LogP) is 2.35. The van der Waals surface area contributed by atoms with Crippen molar-refractivity contribution in [1.82, 2.24) is 9.36 Å². The Bertz CT molecular complexity index is 586. The Kier molecular flexibility index (Phi) is 3.00. The second-order valence-electron chi connectivity index (χ2n) is 3.74. The number of fused-ring (bicyclic) bond motifs is 1. The van der Waals surface area contributed by atoms with Crippen LogP contribution in [0.5, 0.6) is 11.5 Å². The van der Waals surface area contributed by atoms with Gasteiger partial charge in [0.15, 0.2) is 15.8 Å². The van der Waals surface area contributed by atoms with Crippen molar-refractivity contribution in [3.8, 4) is 11.5 Å². The molecule has 2 N–H and O–H groups in total. The van der Waals surface area contributed by atoms with Crippen LogP contribution >= 0.6 is 23.3 Å². The van der Waals surface area contributed by atoms with Crippen LogP contribution in [-0.4, -0.2) is 22.6 Å². The summed E-state index contributed by atoms with van der Waals surface area (Å²) in [5, 5.41) is 0. The molecular formula is C11H11N3O2S2. The van der Waals surface area contributed by atoms with Crippen LogP contribution in [0.25, 0.3) is 0 Å². The summed E-state index contributed by atoms with van der Waals surface area (Å²) in [6.07, 6.45) is 0. The van der Waals surface area contributed by atoms with E-state index in [1.165, 1.54) is 23.3 Å². The van der Waals surface area contributed by atoms with Crippen LogP contribution in [-0.2, 0) is 0 Å². The highest BCUT2D eigenvalue weighted by molar-refractivity contribution is 8.01. The van der Waals surface area contributed by atoms with Crippen molar-refractivity contribution in [2.45, 2.75) is 16.2 Å². The maximum absolute atomic E-state index is 6.00. The van der Waals surface area contributed by atoms with E-state index in [-0.39, 0.29) is 0 Å². The Labute approximate surface area is 112 Å². The molecule has 0 bridgehead atoms. The second kappa shape index (κ2) is 4.66. The fourth-order valence-electron chi connectivity index (χ4n) is 1.59. The van der Waals surface area contributed by atoms with Crippen molar-refractivity contribution in [3.63, 3.8) is 0 Å². The van der Waals surface area contributed by atoms with Crippen LogP contribution in [0.2, 0.25) is 0 Å². The lowest BCUT2D eigenvalue weighted by Crippen LogP contribution is -2.15. The minimum Gasteiger partial charge on any atom is -0.486 e. The van der Waals surface area contributed by atoms with Gasteiger partial charge in [0, 0.05) is 22.7 Å². The Hall–Kier alpha value is -1.47. The van der Waals surface area contributed by atoms with Crippen molar-refractivity contribution < 1.29 is 9.47 Å². The maximum Gasteiger partial charge on any atom is 0.174 e. The van der Waals surface area contributed by atoms with Gasteiger partial charge in [-0.2, -0.15) is 4.37 Å². The SMILES string of the molecule is Cc1nsc(Sc2cc3c(cc2N)OCCO3)n1. The third-order valence-corrected chi connectivity index (χ3v) is 4.30. The van der Waals surface area contributed by atoms with Gasteiger partial charge in [-0.1, -0.05) is 11.8 Å². The lowest BCUT2D eigenvalue weighted by atomic mass is 10.2. The van der Waals surface area contributed by atoms with Gasteiger partial charge in [0.05, 0.1) is 0 Å². The Balaban J connectivity index is 1.92. The van der Waals surface area contributed by atoms with E-state index in [4.69, 9.17) is 15.2 Å². The summed E-state index contributed by atoms with van der Waals surface area (Å²) in [7, 11) is 0. The first-order chi connectivity index (χ1) is 8.72. The molecular weight excluding hydrogens is 270 g/mol. The van der Waals surface area contributed by atoms with Crippen LogP contribution < -0.4 is 15.2 Å². The molecule has 0 atom stereocenters. The van der Waals surface area contributed by atoms with E-state index in [0.717, 1.165) is 20.8 Å². The molecule has 0 radical (unpaired) electrons. The fourth-order valence-corrected chi connectivity index (χ4v) is 3.25. The lowest BCUT2D eigenvalue weighted by molar-refractivity contribution is 0.171. The van der Waals surface area contributed by atoms with Gasteiger partial charge in [0.1, 0.15) is 19.0 Å². The van der Waals surface area contributed by atoms with Crippen LogP contribution in [0.3, 0.4) is 0 Å². The molecule has 0 amide bonds. The summed E-state index contributed by atoms with van der Waals surface area (Å²) in [4.78, 5) is 5.21. The summed E-state index contributed by atoms with van der Waals surface area (Å²) in [5.74, 6) is 2.22. The third-order valence-electron chi connectivity index (χ3n) is 2.38. The highest BCUT2D eigenvalue weighted by Crippen LogP contribution is 2.41. The number of rotatable bonds is 2. The van der Waals surface area contributed by atoms with Crippen LogP contribution in [0.15, 0.2) is 21.4 Å². The Morgan fingerprint density at radius 1 is 1.28 bits per heavy atom. The van der Waals surface area contributed by atoms with Crippen LogP contribution in [0.1, 0.15) is 5.82 Å². The average Bonchev–Trinajstić information content (AvgIpc) is 2.76. The first-order valence-electron chi connectivity index (χ1n) is 5.39. The highest BCUT2D eigenvalue weighted by Gasteiger charge is 2.16. The number of nitrogens with zero attached hydrogens (tertiary/aromatic N) is 2. The lowest BCUT2D eigenvalue weighted by Gasteiger charge is -2.19. The molecule has 0 aliphatic carbocycles. The zero-order chi connectivity index (χ0) is 12.5. The van der Waals surface area contributed by atoms with Gasteiger partial charge in [0.25, 0.3) is 0 Å². The van der Waals surface area contributed by atoms with Crippen LogP contribution in [0.4, 0.5) is 5.69 Å². The Morgan fingerprint density at radius 2 is 2.00 bits per heavy atom. The first-order valence-corrected chi connectivity index (χ1v) is 6.98. The third kappa shape index (κ3) is 2.23. The summed E-state index contributed by atoms with van der Waals surface area (Å²) in [5.41, 5.74) is 6.66. The molecule has 18 heavy (non-hydrogen) atoms.